The molecule has 28 heavy (non-hydrogen) atoms. The maximum absolute atomic E-state index is 12.2. The van der Waals surface area contributed by atoms with Crippen molar-refractivity contribution in [1.29, 1.82) is 0 Å². The van der Waals surface area contributed by atoms with Crippen LogP contribution in [0, 0.1) is 5.92 Å². The summed E-state index contributed by atoms with van der Waals surface area (Å²) in [5.74, 6) is 1.78. The zero-order chi connectivity index (χ0) is 19.8. The number of rotatable bonds is 9. The van der Waals surface area contributed by atoms with Crippen LogP contribution in [-0.4, -0.2) is 33.9 Å². The molecule has 0 unspecified atom stereocenters. The van der Waals surface area contributed by atoms with Gasteiger partial charge in [0.25, 0.3) is 0 Å². The van der Waals surface area contributed by atoms with Gasteiger partial charge in [-0.15, -0.1) is 0 Å². The second kappa shape index (κ2) is 10.6. The lowest BCUT2D eigenvalue weighted by Gasteiger charge is -2.31. The Hall–Kier alpha value is -1.85. The first kappa shape index (κ1) is 20.9. The van der Waals surface area contributed by atoms with Crippen molar-refractivity contribution in [1.82, 2.24) is 14.9 Å². The van der Waals surface area contributed by atoms with E-state index in [-0.39, 0.29) is 5.91 Å². The van der Waals surface area contributed by atoms with E-state index in [2.05, 4.69) is 27.1 Å². The lowest BCUT2D eigenvalue weighted by molar-refractivity contribution is -0.116. The maximum Gasteiger partial charge on any atom is 0.224 e. The van der Waals surface area contributed by atoms with Crippen LogP contribution in [0.3, 0.4) is 0 Å². The Labute approximate surface area is 172 Å². The molecule has 0 spiro atoms. The van der Waals surface area contributed by atoms with Gasteiger partial charge in [0.1, 0.15) is 5.82 Å². The van der Waals surface area contributed by atoms with Crippen molar-refractivity contribution < 1.29 is 4.79 Å². The van der Waals surface area contributed by atoms with Gasteiger partial charge in [-0.25, -0.2) is 4.98 Å². The number of imidazole rings is 1. The van der Waals surface area contributed by atoms with Crippen LogP contribution in [0.1, 0.15) is 57.0 Å². The zero-order valence-corrected chi connectivity index (χ0v) is 17.5. The topological polar surface area (TPSA) is 61.0 Å². The number of piperidine rings is 1. The summed E-state index contributed by atoms with van der Waals surface area (Å²) in [5.41, 5.74) is 1.91. The van der Waals surface area contributed by atoms with Crippen LogP contribution in [0.15, 0.2) is 30.5 Å². The standard InChI is InChI=1S/C22H31ClN4O/c1-2-3-8-21-24-15-18(25-21)16-27-13-11-17(12-14-27)9-10-22(28)26-20-7-5-4-6-19(20)23/h4-7,15,17H,2-3,8-14,16H2,1H3,(H,24,25)(H,26,28). The number of aromatic amines is 1. The van der Waals surface area contributed by atoms with Gasteiger partial charge in [-0.3, -0.25) is 9.69 Å². The number of carbonyl (C=O) groups excluding carboxylic acids is 1. The van der Waals surface area contributed by atoms with Gasteiger partial charge in [-0.1, -0.05) is 37.1 Å². The van der Waals surface area contributed by atoms with Crippen LogP contribution >= 0.6 is 11.6 Å². The number of para-hydroxylation sites is 1. The van der Waals surface area contributed by atoms with Crippen molar-refractivity contribution in [3.8, 4) is 0 Å². The number of H-pyrrole nitrogens is 1. The van der Waals surface area contributed by atoms with E-state index >= 15 is 0 Å². The summed E-state index contributed by atoms with van der Waals surface area (Å²) in [4.78, 5) is 22.6. The van der Waals surface area contributed by atoms with Gasteiger partial charge < -0.3 is 10.3 Å². The maximum atomic E-state index is 12.2. The number of benzene rings is 1. The molecule has 3 rings (SSSR count). The zero-order valence-electron chi connectivity index (χ0n) is 16.7. The second-order valence-electron chi connectivity index (χ2n) is 7.74. The minimum atomic E-state index is 0.0487. The molecular formula is C22H31ClN4O. The van der Waals surface area contributed by atoms with Crippen LogP contribution < -0.4 is 5.32 Å². The number of aromatic nitrogens is 2. The molecule has 1 aromatic heterocycles. The molecule has 1 aliphatic heterocycles. The fraction of sp³-hybridized carbons (Fsp3) is 0.545. The van der Waals surface area contributed by atoms with E-state index in [9.17, 15) is 4.79 Å². The summed E-state index contributed by atoms with van der Waals surface area (Å²) in [6.45, 7) is 5.31. The molecule has 0 radical (unpaired) electrons. The minimum Gasteiger partial charge on any atom is -0.345 e. The molecule has 1 saturated heterocycles. The molecule has 6 heteroatoms. The van der Waals surface area contributed by atoms with Gasteiger partial charge in [-0.2, -0.15) is 0 Å². The van der Waals surface area contributed by atoms with Crippen LogP contribution in [0.25, 0.3) is 0 Å². The Morgan fingerprint density at radius 2 is 2.11 bits per heavy atom. The van der Waals surface area contributed by atoms with Gasteiger partial charge in [0.2, 0.25) is 5.91 Å². The molecule has 1 aromatic carbocycles. The smallest absolute Gasteiger partial charge is 0.224 e. The molecule has 2 aromatic rings. The molecule has 0 aliphatic carbocycles. The fourth-order valence-corrected chi connectivity index (χ4v) is 3.92. The summed E-state index contributed by atoms with van der Waals surface area (Å²) < 4.78 is 0. The normalized spacial score (nSPS) is 15.6. The van der Waals surface area contributed by atoms with Gasteiger partial charge in [0.15, 0.2) is 0 Å². The van der Waals surface area contributed by atoms with Gasteiger partial charge in [-0.05, 0) is 56.8 Å². The van der Waals surface area contributed by atoms with Crippen molar-refractivity contribution in [3.63, 3.8) is 0 Å². The molecule has 0 bridgehead atoms. The third kappa shape index (κ3) is 6.35. The van der Waals surface area contributed by atoms with Crippen molar-refractivity contribution in [2.45, 2.75) is 58.4 Å². The number of amides is 1. The number of nitrogens with zero attached hydrogens (tertiary/aromatic N) is 2. The summed E-state index contributed by atoms with van der Waals surface area (Å²) in [6.07, 6.45) is 9.19. The largest absolute Gasteiger partial charge is 0.345 e. The van der Waals surface area contributed by atoms with E-state index in [1.807, 2.05) is 24.4 Å². The van der Waals surface area contributed by atoms with E-state index in [0.29, 0.717) is 23.0 Å². The van der Waals surface area contributed by atoms with E-state index < -0.39 is 0 Å². The Kier molecular flexibility index (Phi) is 7.92. The summed E-state index contributed by atoms with van der Waals surface area (Å²) in [7, 11) is 0. The van der Waals surface area contributed by atoms with Crippen molar-refractivity contribution in [3.05, 3.63) is 47.0 Å². The molecule has 2 heterocycles. The van der Waals surface area contributed by atoms with Crippen LogP contribution in [0.2, 0.25) is 5.02 Å². The first-order valence-electron chi connectivity index (χ1n) is 10.4. The highest BCUT2D eigenvalue weighted by Crippen LogP contribution is 2.24. The van der Waals surface area contributed by atoms with Crippen LogP contribution in [-0.2, 0) is 17.8 Å². The van der Waals surface area contributed by atoms with Crippen LogP contribution in [0.4, 0.5) is 5.69 Å². The Morgan fingerprint density at radius 1 is 1.32 bits per heavy atom. The molecule has 1 amide bonds. The first-order valence-corrected chi connectivity index (χ1v) is 10.8. The van der Waals surface area contributed by atoms with Crippen LogP contribution in [0.5, 0.6) is 0 Å². The summed E-state index contributed by atoms with van der Waals surface area (Å²) in [6, 6.07) is 7.37. The predicted octanol–water partition coefficient (Wildman–Crippen LogP) is 5.04. The third-order valence-electron chi connectivity index (χ3n) is 5.48. The molecule has 5 nitrogen and oxygen atoms in total. The Balaban J connectivity index is 1.35. The third-order valence-corrected chi connectivity index (χ3v) is 5.81. The van der Waals surface area contributed by atoms with E-state index in [0.717, 1.165) is 51.1 Å². The number of hydrogen-bond donors (Lipinski definition) is 2. The second-order valence-corrected chi connectivity index (χ2v) is 8.15. The summed E-state index contributed by atoms with van der Waals surface area (Å²) >= 11 is 6.10. The Bertz CT molecular complexity index is 752. The number of aryl methyl sites for hydroxylation is 1. The highest BCUT2D eigenvalue weighted by molar-refractivity contribution is 6.33. The molecule has 0 saturated carbocycles. The van der Waals surface area contributed by atoms with E-state index in [1.165, 1.54) is 18.5 Å². The number of hydrogen-bond acceptors (Lipinski definition) is 3. The minimum absolute atomic E-state index is 0.0487. The molecule has 1 fully saturated rings. The number of unbranched alkanes of at least 4 members (excludes halogenated alkanes) is 1. The van der Waals surface area contributed by atoms with Crippen molar-refractivity contribution in [2.24, 2.45) is 5.92 Å². The van der Waals surface area contributed by atoms with Gasteiger partial charge >= 0.3 is 0 Å². The van der Waals surface area contributed by atoms with Gasteiger partial charge in [0, 0.05) is 31.3 Å². The monoisotopic (exact) mass is 402 g/mol. The average molecular weight is 403 g/mol. The molecule has 0 atom stereocenters. The lowest BCUT2D eigenvalue weighted by atomic mass is 9.92. The molecular weight excluding hydrogens is 372 g/mol. The highest BCUT2D eigenvalue weighted by atomic mass is 35.5. The fourth-order valence-electron chi connectivity index (χ4n) is 3.74. The van der Waals surface area contributed by atoms with E-state index in [4.69, 9.17) is 11.6 Å². The number of likely N-dealkylation sites (tertiary alicyclic amines) is 1. The summed E-state index contributed by atoms with van der Waals surface area (Å²) in [5, 5.41) is 3.50. The molecule has 152 valence electrons. The average Bonchev–Trinajstić information content (AvgIpc) is 3.15. The number of nitrogens with one attached hydrogen (secondary N) is 2. The van der Waals surface area contributed by atoms with Gasteiger partial charge in [0.05, 0.1) is 10.7 Å². The Morgan fingerprint density at radius 3 is 2.86 bits per heavy atom. The van der Waals surface area contributed by atoms with Crippen molar-refractivity contribution in [2.75, 3.05) is 18.4 Å². The predicted molar refractivity (Wildman–Crippen MR) is 115 cm³/mol. The molecule has 1 aliphatic rings. The SMILES string of the molecule is CCCCc1ncc(CN2CCC(CCC(=O)Nc3ccccc3Cl)CC2)[nH]1. The van der Waals surface area contributed by atoms with E-state index in [1.54, 1.807) is 6.07 Å². The van der Waals surface area contributed by atoms with Crippen molar-refractivity contribution >= 4 is 23.2 Å². The quantitative estimate of drug-likeness (QED) is 0.617. The number of carbonyl (C=O) groups is 1. The lowest BCUT2D eigenvalue weighted by Crippen LogP contribution is -2.33. The number of anilines is 1. The molecule has 2 N–H and O–H groups in total. The highest BCUT2D eigenvalue weighted by Gasteiger charge is 2.20. The number of halogens is 1. The first-order chi connectivity index (χ1) is 13.6.